The van der Waals surface area contributed by atoms with Gasteiger partial charge in [0.25, 0.3) is 0 Å². The fourth-order valence-electron chi connectivity index (χ4n) is 3.73. The van der Waals surface area contributed by atoms with E-state index in [2.05, 4.69) is 28.2 Å². The molecule has 0 aliphatic carbocycles. The number of hydrogen-bond donors (Lipinski definition) is 4. The van der Waals surface area contributed by atoms with Crippen LogP contribution in [0.1, 0.15) is 36.8 Å². The number of nitrogens with one attached hydrogen (secondary N) is 2. The Hall–Kier alpha value is -3.18. The van der Waals surface area contributed by atoms with Crippen LogP contribution < -0.4 is 22.1 Å². The zero-order chi connectivity index (χ0) is 21.9. The average molecular weight is 418 g/mol. The summed E-state index contributed by atoms with van der Waals surface area (Å²) in [5.41, 5.74) is 16.8. The standard InChI is InChI=1S/C26H35N5/c1-21(29-16-9-19-31-17-6-3-7-18-31)23-12-8-13-24(20-23)30-26(28)15-14-25(27)22-10-4-2-5-11-22/h2,4-5,8,10-15,20,29-30H,1,3,6-7,9,16-19,27-28H2/b25-14-,26-15+. The van der Waals surface area contributed by atoms with Gasteiger partial charge in [0.2, 0.25) is 0 Å². The number of rotatable bonds is 10. The third kappa shape index (κ3) is 7.54. The van der Waals surface area contributed by atoms with Gasteiger partial charge in [0, 0.05) is 23.6 Å². The molecule has 31 heavy (non-hydrogen) atoms. The van der Waals surface area contributed by atoms with Gasteiger partial charge in [-0.15, -0.1) is 0 Å². The normalized spacial score (nSPS) is 15.5. The lowest BCUT2D eigenvalue weighted by Gasteiger charge is -2.26. The van der Waals surface area contributed by atoms with Crippen molar-refractivity contribution >= 4 is 17.1 Å². The van der Waals surface area contributed by atoms with Crippen molar-refractivity contribution in [1.82, 2.24) is 10.2 Å². The fraction of sp³-hybridized carbons (Fsp3) is 0.308. The Morgan fingerprint density at radius 3 is 2.45 bits per heavy atom. The van der Waals surface area contributed by atoms with Gasteiger partial charge < -0.3 is 27.0 Å². The van der Waals surface area contributed by atoms with Gasteiger partial charge >= 0.3 is 0 Å². The van der Waals surface area contributed by atoms with E-state index in [0.29, 0.717) is 11.5 Å². The van der Waals surface area contributed by atoms with Gasteiger partial charge in [-0.05, 0) is 74.3 Å². The zero-order valence-corrected chi connectivity index (χ0v) is 18.3. The van der Waals surface area contributed by atoms with E-state index in [1.807, 2.05) is 54.6 Å². The van der Waals surface area contributed by atoms with Crippen LogP contribution in [0.5, 0.6) is 0 Å². The van der Waals surface area contributed by atoms with Crippen LogP contribution in [0.4, 0.5) is 5.69 Å². The molecule has 0 saturated carbocycles. The summed E-state index contributed by atoms with van der Waals surface area (Å²) in [7, 11) is 0. The molecule has 3 rings (SSSR count). The third-order valence-electron chi connectivity index (χ3n) is 5.49. The monoisotopic (exact) mass is 417 g/mol. The molecule has 6 N–H and O–H groups in total. The van der Waals surface area contributed by atoms with Crippen molar-refractivity contribution in [2.24, 2.45) is 11.5 Å². The first kappa shape index (κ1) is 22.5. The maximum Gasteiger partial charge on any atom is 0.101 e. The molecule has 0 radical (unpaired) electrons. The highest BCUT2D eigenvalue weighted by Gasteiger charge is 2.09. The number of hydrogen-bond acceptors (Lipinski definition) is 5. The Labute approximate surface area is 186 Å². The molecule has 0 bridgehead atoms. The molecule has 5 heteroatoms. The average Bonchev–Trinajstić information content (AvgIpc) is 2.81. The lowest BCUT2D eigenvalue weighted by atomic mass is 10.1. The van der Waals surface area contributed by atoms with Gasteiger partial charge in [-0.3, -0.25) is 0 Å². The van der Waals surface area contributed by atoms with Crippen LogP contribution in [0.25, 0.3) is 11.4 Å². The van der Waals surface area contributed by atoms with Crippen LogP contribution in [0, 0.1) is 0 Å². The molecule has 2 aromatic carbocycles. The van der Waals surface area contributed by atoms with E-state index < -0.39 is 0 Å². The number of piperidine rings is 1. The Balaban J connectivity index is 1.49. The van der Waals surface area contributed by atoms with Gasteiger partial charge in [0.1, 0.15) is 5.82 Å². The Bertz CT molecular complexity index is 895. The van der Waals surface area contributed by atoms with Crippen LogP contribution in [0.3, 0.4) is 0 Å². The molecule has 1 aliphatic rings. The molecule has 1 saturated heterocycles. The summed E-state index contributed by atoms with van der Waals surface area (Å²) in [5.74, 6) is 0.524. The second-order valence-electron chi connectivity index (χ2n) is 7.98. The van der Waals surface area contributed by atoms with Crippen LogP contribution >= 0.6 is 0 Å². The number of anilines is 1. The third-order valence-corrected chi connectivity index (χ3v) is 5.49. The molecule has 5 nitrogen and oxygen atoms in total. The van der Waals surface area contributed by atoms with Crippen molar-refractivity contribution in [3.8, 4) is 0 Å². The van der Waals surface area contributed by atoms with Crippen molar-refractivity contribution in [3.05, 3.63) is 90.3 Å². The van der Waals surface area contributed by atoms with Crippen LogP contribution in [-0.2, 0) is 0 Å². The molecule has 0 amide bonds. The Morgan fingerprint density at radius 2 is 1.68 bits per heavy atom. The number of allylic oxidation sites excluding steroid dienone is 2. The minimum atomic E-state index is 0.524. The van der Waals surface area contributed by atoms with E-state index in [1.54, 1.807) is 6.08 Å². The van der Waals surface area contributed by atoms with E-state index in [4.69, 9.17) is 11.5 Å². The lowest BCUT2D eigenvalue weighted by molar-refractivity contribution is 0.227. The van der Waals surface area contributed by atoms with Crippen molar-refractivity contribution in [1.29, 1.82) is 0 Å². The van der Waals surface area contributed by atoms with Gasteiger partial charge in [0.05, 0.1) is 0 Å². The molecule has 1 aliphatic heterocycles. The molecular weight excluding hydrogens is 382 g/mol. The Morgan fingerprint density at radius 1 is 0.935 bits per heavy atom. The van der Waals surface area contributed by atoms with Crippen LogP contribution in [0.2, 0.25) is 0 Å². The van der Waals surface area contributed by atoms with Gasteiger partial charge in [-0.25, -0.2) is 0 Å². The maximum atomic E-state index is 6.13. The highest BCUT2D eigenvalue weighted by atomic mass is 15.1. The van der Waals surface area contributed by atoms with E-state index in [9.17, 15) is 0 Å². The zero-order valence-electron chi connectivity index (χ0n) is 18.3. The summed E-state index contributed by atoms with van der Waals surface area (Å²) in [6.07, 6.45) is 8.78. The quantitative estimate of drug-likeness (QED) is 0.342. The van der Waals surface area contributed by atoms with Gasteiger partial charge in [-0.1, -0.05) is 55.5 Å². The molecule has 0 atom stereocenters. The second kappa shape index (κ2) is 11.9. The summed E-state index contributed by atoms with van der Waals surface area (Å²) in [6.45, 7) is 8.77. The molecule has 164 valence electrons. The first-order valence-electron chi connectivity index (χ1n) is 11.1. The molecule has 0 spiro atoms. The molecule has 1 heterocycles. The van der Waals surface area contributed by atoms with Crippen molar-refractivity contribution in [3.63, 3.8) is 0 Å². The molecule has 0 aromatic heterocycles. The summed E-state index contributed by atoms with van der Waals surface area (Å²) < 4.78 is 0. The predicted octanol–water partition coefficient (Wildman–Crippen LogP) is 4.33. The molecule has 2 aromatic rings. The van der Waals surface area contributed by atoms with Gasteiger partial charge in [0.15, 0.2) is 0 Å². The highest BCUT2D eigenvalue weighted by Crippen LogP contribution is 2.17. The van der Waals surface area contributed by atoms with E-state index >= 15 is 0 Å². The second-order valence-corrected chi connectivity index (χ2v) is 7.98. The van der Waals surface area contributed by atoms with Crippen LogP contribution in [0.15, 0.2) is 79.1 Å². The number of nitrogens with zero attached hydrogens (tertiary/aromatic N) is 1. The first-order chi connectivity index (χ1) is 15.1. The van der Waals surface area contributed by atoms with Crippen molar-refractivity contribution in [2.45, 2.75) is 25.7 Å². The molecular formula is C26H35N5. The van der Waals surface area contributed by atoms with Crippen molar-refractivity contribution < 1.29 is 0 Å². The molecule has 0 unspecified atom stereocenters. The topological polar surface area (TPSA) is 79.3 Å². The van der Waals surface area contributed by atoms with Gasteiger partial charge in [-0.2, -0.15) is 0 Å². The number of benzene rings is 2. The Kier molecular flexibility index (Phi) is 8.61. The van der Waals surface area contributed by atoms with E-state index in [0.717, 1.165) is 42.0 Å². The number of nitrogens with two attached hydrogens (primary N) is 2. The summed E-state index contributed by atoms with van der Waals surface area (Å²) in [4.78, 5) is 2.56. The first-order valence-corrected chi connectivity index (χ1v) is 11.1. The smallest absolute Gasteiger partial charge is 0.101 e. The largest absolute Gasteiger partial charge is 0.398 e. The summed E-state index contributed by atoms with van der Waals surface area (Å²) in [6, 6.07) is 17.9. The summed E-state index contributed by atoms with van der Waals surface area (Å²) >= 11 is 0. The van der Waals surface area contributed by atoms with E-state index in [1.165, 1.54) is 32.4 Å². The predicted molar refractivity (Wildman–Crippen MR) is 133 cm³/mol. The van der Waals surface area contributed by atoms with Crippen LogP contribution in [-0.4, -0.2) is 31.1 Å². The molecule has 1 fully saturated rings. The lowest BCUT2D eigenvalue weighted by Crippen LogP contribution is -2.32. The fourth-order valence-corrected chi connectivity index (χ4v) is 3.73. The number of likely N-dealkylation sites (tertiary alicyclic amines) is 1. The highest BCUT2D eigenvalue weighted by molar-refractivity contribution is 5.67. The SMILES string of the molecule is C=C(NCCCN1CCCCC1)c1cccc(N/C(N)=C/C=C(\N)c2ccccc2)c1. The summed E-state index contributed by atoms with van der Waals surface area (Å²) in [5, 5.41) is 6.67. The minimum absolute atomic E-state index is 0.524. The van der Waals surface area contributed by atoms with Crippen molar-refractivity contribution in [2.75, 3.05) is 31.5 Å². The maximum absolute atomic E-state index is 6.13. The van der Waals surface area contributed by atoms with E-state index in [-0.39, 0.29) is 0 Å². The minimum Gasteiger partial charge on any atom is -0.398 e.